The van der Waals surface area contributed by atoms with E-state index in [-0.39, 0.29) is 17.4 Å². The molecule has 0 bridgehead atoms. The Morgan fingerprint density at radius 3 is 2.83 bits per heavy atom. The molecule has 18 heavy (non-hydrogen) atoms. The van der Waals surface area contributed by atoms with E-state index in [4.69, 9.17) is 5.73 Å². The van der Waals surface area contributed by atoms with Gasteiger partial charge in [-0.15, -0.1) is 0 Å². The zero-order chi connectivity index (χ0) is 13.0. The minimum Gasteiger partial charge on any atom is -0.382 e. The van der Waals surface area contributed by atoms with Crippen LogP contribution in [0.3, 0.4) is 0 Å². The molecule has 2 rings (SSSR count). The Bertz CT molecular complexity index is 570. The fraction of sp³-hybridized carbons (Fsp3) is 0.167. The molecule has 0 unspecified atom stereocenters. The number of nitrogen functional groups attached to an aromatic ring is 1. The first-order chi connectivity index (χ1) is 8.66. The lowest BCUT2D eigenvalue weighted by Gasteiger charge is -2.05. The molecule has 0 saturated carbocycles. The largest absolute Gasteiger partial charge is 0.382 e. The molecule has 92 valence electrons. The van der Waals surface area contributed by atoms with E-state index in [1.54, 1.807) is 0 Å². The van der Waals surface area contributed by atoms with Gasteiger partial charge in [0.05, 0.1) is 12.2 Å². The van der Waals surface area contributed by atoms with E-state index in [9.17, 15) is 4.79 Å². The van der Waals surface area contributed by atoms with Crippen molar-refractivity contribution in [2.75, 3.05) is 5.73 Å². The monoisotopic (exact) mass is 243 g/mol. The summed E-state index contributed by atoms with van der Waals surface area (Å²) in [4.78, 5) is 23.8. The lowest BCUT2D eigenvalue weighted by atomic mass is 10.3. The number of nitrogens with one attached hydrogen (secondary N) is 1. The molecule has 0 radical (unpaired) electrons. The van der Waals surface area contributed by atoms with Crippen molar-refractivity contribution in [2.24, 2.45) is 0 Å². The van der Waals surface area contributed by atoms with Gasteiger partial charge in [-0.2, -0.15) is 0 Å². The van der Waals surface area contributed by atoms with Gasteiger partial charge in [0.25, 0.3) is 5.91 Å². The van der Waals surface area contributed by atoms with Crippen LogP contribution in [0.4, 0.5) is 5.82 Å². The predicted octanol–water partition coefficient (Wildman–Crippen LogP) is 0.692. The maximum Gasteiger partial charge on any atom is 0.274 e. The normalized spacial score (nSPS) is 10.1. The number of amides is 1. The molecule has 2 heterocycles. The highest BCUT2D eigenvalue weighted by molar-refractivity contribution is 5.96. The quantitative estimate of drug-likeness (QED) is 0.827. The molecule has 1 amide bonds. The van der Waals surface area contributed by atoms with Gasteiger partial charge >= 0.3 is 0 Å². The highest BCUT2D eigenvalue weighted by Crippen LogP contribution is 2.03. The molecule has 0 aliphatic carbocycles. The first-order valence-corrected chi connectivity index (χ1v) is 5.44. The van der Waals surface area contributed by atoms with Gasteiger partial charge in [-0.3, -0.25) is 9.78 Å². The number of anilines is 1. The molecule has 0 fully saturated rings. The molecular weight excluding hydrogens is 230 g/mol. The maximum absolute atomic E-state index is 11.8. The maximum atomic E-state index is 11.8. The lowest BCUT2D eigenvalue weighted by molar-refractivity contribution is 0.0946. The molecule has 0 spiro atoms. The van der Waals surface area contributed by atoms with Crippen molar-refractivity contribution in [2.45, 2.75) is 13.5 Å². The summed E-state index contributed by atoms with van der Waals surface area (Å²) in [7, 11) is 0. The van der Waals surface area contributed by atoms with Crippen LogP contribution in [0, 0.1) is 6.92 Å². The number of aryl methyl sites for hydroxylation is 1. The lowest BCUT2D eigenvalue weighted by Crippen LogP contribution is -2.25. The molecule has 0 aliphatic heterocycles. The van der Waals surface area contributed by atoms with Crippen molar-refractivity contribution in [3.8, 4) is 0 Å². The topological polar surface area (TPSA) is 93.8 Å². The van der Waals surface area contributed by atoms with Crippen molar-refractivity contribution in [3.63, 3.8) is 0 Å². The summed E-state index contributed by atoms with van der Waals surface area (Å²) in [5.74, 6) is -0.240. The fourth-order valence-electron chi connectivity index (χ4n) is 1.48. The zero-order valence-electron chi connectivity index (χ0n) is 9.92. The molecule has 6 nitrogen and oxygen atoms in total. The van der Waals surface area contributed by atoms with E-state index >= 15 is 0 Å². The number of carbonyl (C=O) groups is 1. The average Bonchev–Trinajstić information content (AvgIpc) is 2.37. The van der Waals surface area contributed by atoms with Crippen molar-refractivity contribution < 1.29 is 4.79 Å². The summed E-state index contributed by atoms with van der Waals surface area (Å²) in [5.41, 5.74) is 7.38. The number of pyridine rings is 1. The summed E-state index contributed by atoms with van der Waals surface area (Å²) in [6.45, 7) is 2.22. The van der Waals surface area contributed by atoms with Crippen molar-refractivity contribution in [1.82, 2.24) is 20.3 Å². The van der Waals surface area contributed by atoms with Gasteiger partial charge in [-0.1, -0.05) is 6.07 Å². The summed E-state index contributed by atoms with van der Waals surface area (Å²) in [6, 6.07) is 5.62. The van der Waals surface area contributed by atoms with Crippen LogP contribution in [0.25, 0.3) is 0 Å². The number of aromatic nitrogens is 3. The van der Waals surface area contributed by atoms with Crippen molar-refractivity contribution in [1.29, 1.82) is 0 Å². The second-order valence-electron chi connectivity index (χ2n) is 3.74. The van der Waals surface area contributed by atoms with Gasteiger partial charge in [0.1, 0.15) is 0 Å². The van der Waals surface area contributed by atoms with Crippen LogP contribution in [0.5, 0.6) is 0 Å². The van der Waals surface area contributed by atoms with Crippen LogP contribution in [-0.2, 0) is 6.54 Å². The Labute approximate surface area is 104 Å². The number of carbonyl (C=O) groups excluding carboxylic acids is 1. The Morgan fingerprint density at radius 1 is 1.33 bits per heavy atom. The SMILES string of the molecule is Cc1cccc(CNC(=O)c2nccnc2N)n1. The average molecular weight is 243 g/mol. The van der Waals surface area contributed by atoms with Crippen LogP contribution < -0.4 is 11.1 Å². The van der Waals surface area contributed by atoms with Crippen LogP contribution in [0.2, 0.25) is 0 Å². The zero-order valence-corrected chi connectivity index (χ0v) is 9.92. The second-order valence-corrected chi connectivity index (χ2v) is 3.74. The molecule has 0 saturated heterocycles. The molecule has 0 aliphatic rings. The van der Waals surface area contributed by atoms with E-state index in [0.717, 1.165) is 11.4 Å². The molecule has 0 aromatic carbocycles. The molecule has 0 atom stereocenters. The van der Waals surface area contributed by atoms with Gasteiger partial charge in [0.15, 0.2) is 11.5 Å². The molecular formula is C12H13N5O. The van der Waals surface area contributed by atoms with Gasteiger partial charge in [0, 0.05) is 18.1 Å². The highest BCUT2D eigenvalue weighted by Gasteiger charge is 2.11. The predicted molar refractivity (Wildman–Crippen MR) is 66.6 cm³/mol. The number of hydrogen-bond donors (Lipinski definition) is 2. The number of nitrogens with zero attached hydrogens (tertiary/aromatic N) is 3. The Balaban J connectivity index is 2.03. The van der Waals surface area contributed by atoms with Crippen LogP contribution in [-0.4, -0.2) is 20.9 Å². The highest BCUT2D eigenvalue weighted by atomic mass is 16.1. The number of rotatable bonds is 3. The van der Waals surface area contributed by atoms with Crippen LogP contribution >= 0.6 is 0 Å². The minimum atomic E-state index is -0.357. The van der Waals surface area contributed by atoms with E-state index in [1.807, 2.05) is 25.1 Å². The summed E-state index contributed by atoms with van der Waals surface area (Å²) in [6.07, 6.45) is 2.87. The van der Waals surface area contributed by atoms with E-state index < -0.39 is 0 Å². The summed E-state index contributed by atoms with van der Waals surface area (Å²) < 4.78 is 0. The third kappa shape index (κ3) is 2.79. The smallest absolute Gasteiger partial charge is 0.274 e. The Kier molecular flexibility index (Phi) is 3.47. The van der Waals surface area contributed by atoms with Crippen LogP contribution in [0.1, 0.15) is 21.9 Å². The summed E-state index contributed by atoms with van der Waals surface area (Å²) >= 11 is 0. The number of nitrogens with two attached hydrogens (primary N) is 1. The van der Waals surface area contributed by atoms with E-state index in [2.05, 4.69) is 20.3 Å². The first-order valence-electron chi connectivity index (χ1n) is 5.44. The molecule has 3 N–H and O–H groups in total. The van der Waals surface area contributed by atoms with Gasteiger partial charge in [-0.25, -0.2) is 9.97 Å². The van der Waals surface area contributed by atoms with E-state index in [0.29, 0.717) is 6.54 Å². The van der Waals surface area contributed by atoms with Gasteiger partial charge in [-0.05, 0) is 19.1 Å². The minimum absolute atomic E-state index is 0.118. The molecule has 2 aromatic heterocycles. The molecule has 2 aromatic rings. The van der Waals surface area contributed by atoms with Crippen molar-refractivity contribution >= 4 is 11.7 Å². The number of hydrogen-bond acceptors (Lipinski definition) is 5. The second kappa shape index (κ2) is 5.22. The third-order valence-corrected chi connectivity index (χ3v) is 2.32. The third-order valence-electron chi connectivity index (χ3n) is 2.32. The molecule has 6 heteroatoms. The van der Waals surface area contributed by atoms with Crippen molar-refractivity contribution in [3.05, 3.63) is 47.7 Å². The Hall–Kier alpha value is -2.50. The fourth-order valence-corrected chi connectivity index (χ4v) is 1.48. The van der Waals surface area contributed by atoms with Gasteiger partial charge in [0.2, 0.25) is 0 Å². The summed E-state index contributed by atoms with van der Waals surface area (Å²) in [5, 5.41) is 2.70. The Morgan fingerprint density at radius 2 is 2.11 bits per heavy atom. The van der Waals surface area contributed by atoms with Gasteiger partial charge < -0.3 is 11.1 Å². The standard InChI is InChI=1S/C12H13N5O/c1-8-3-2-4-9(17-8)7-16-12(18)10-11(13)15-6-5-14-10/h2-6H,7H2,1H3,(H2,13,15)(H,16,18). The first kappa shape index (κ1) is 12.0. The van der Waals surface area contributed by atoms with Crippen LogP contribution in [0.15, 0.2) is 30.6 Å². The van der Waals surface area contributed by atoms with E-state index in [1.165, 1.54) is 12.4 Å².